The van der Waals surface area contributed by atoms with Crippen LogP contribution in [0.25, 0.3) is 0 Å². The summed E-state index contributed by atoms with van der Waals surface area (Å²) in [6.07, 6.45) is 0.529. The van der Waals surface area contributed by atoms with Crippen molar-refractivity contribution in [3.8, 4) is 0 Å². The second-order valence-electron chi connectivity index (χ2n) is 4.92. The highest BCUT2D eigenvalue weighted by Gasteiger charge is 2.39. The molecule has 3 nitrogen and oxygen atoms in total. The summed E-state index contributed by atoms with van der Waals surface area (Å²) in [6, 6.07) is 0.137. The molecule has 1 aromatic rings. The van der Waals surface area contributed by atoms with Gasteiger partial charge < -0.3 is 4.90 Å². The summed E-state index contributed by atoms with van der Waals surface area (Å²) < 4.78 is 1.24. The Morgan fingerprint density at radius 2 is 1.83 bits per heavy atom. The molecule has 1 aliphatic heterocycles. The molecule has 1 saturated heterocycles. The number of carbonyl (C=O) groups excluding carboxylic acids is 1. The Bertz CT molecular complexity index is 495. The van der Waals surface area contributed by atoms with E-state index in [0.717, 1.165) is 31.7 Å². The lowest BCUT2D eigenvalue weighted by molar-refractivity contribution is 0.0880. The number of likely N-dealkylation sites (N-methyl/N-ethyl adjacent to an activating group) is 1. The Labute approximate surface area is 120 Å². The largest absolute Gasteiger partial charge is 0.304 e. The van der Waals surface area contributed by atoms with Crippen LogP contribution in [0.15, 0.2) is 0 Å². The van der Waals surface area contributed by atoms with Gasteiger partial charge in [-0.3, -0.25) is 9.69 Å². The Morgan fingerprint density at radius 3 is 2.50 bits per heavy atom. The average molecular weight is 305 g/mol. The second kappa shape index (κ2) is 4.76. The summed E-state index contributed by atoms with van der Waals surface area (Å²) in [5, 5.41) is 0. The summed E-state index contributed by atoms with van der Waals surface area (Å²) in [7, 11) is 2.12. The van der Waals surface area contributed by atoms with Crippen molar-refractivity contribution in [2.75, 3.05) is 33.2 Å². The van der Waals surface area contributed by atoms with Gasteiger partial charge in [-0.25, -0.2) is 0 Å². The molecule has 1 aliphatic carbocycles. The summed E-state index contributed by atoms with van der Waals surface area (Å²) in [6.45, 7) is 4.04. The fourth-order valence-corrected chi connectivity index (χ4v) is 4.61. The lowest BCUT2D eigenvalue weighted by Crippen LogP contribution is -2.45. The van der Waals surface area contributed by atoms with Gasteiger partial charge in [-0.05, 0) is 7.05 Å². The maximum atomic E-state index is 12.0. The molecule has 0 N–H and O–H groups in total. The van der Waals surface area contributed by atoms with Crippen molar-refractivity contribution in [2.24, 2.45) is 0 Å². The third kappa shape index (κ3) is 2.00. The molecule has 3 rings (SSSR count). The first-order valence-electron chi connectivity index (χ1n) is 6.01. The topological polar surface area (TPSA) is 23.6 Å². The SMILES string of the molecule is CN1CCN(C2CC(=O)c3c(Cl)sc(Cl)c32)CC1. The molecule has 2 aliphatic rings. The molecule has 0 aromatic carbocycles. The van der Waals surface area contributed by atoms with Crippen molar-refractivity contribution in [3.05, 3.63) is 19.8 Å². The number of rotatable bonds is 1. The number of halogens is 2. The van der Waals surface area contributed by atoms with Crippen molar-refractivity contribution in [3.63, 3.8) is 0 Å². The van der Waals surface area contributed by atoms with Crippen molar-refractivity contribution >= 4 is 40.3 Å². The van der Waals surface area contributed by atoms with Crippen LogP contribution in [0, 0.1) is 0 Å². The number of thiophene rings is 1. The Hall–Kier alpha value is -0.130. The fraction of sp³-hybridized carbons (Fsp3) is 0.583. The van der Waals surface area contributed by atoms with Gasteiger partial charge in [0.05, 0.1) is 9.90 Å². The molecule has 6 heteroatoms. The Morgan fingerprint density at radius 1 is 1.17 bits per heavy atom. The number of carbonyl (C=O) groups is 1. The van der Waals surface area contributed by atoms with Crippen LogP contribution in [0.5, 0.6) is 0 Å². The summed E-state index contributed by atoms with van der Waals surface area (Å²) >= 11 is 13.7. The third-order valence-electron chi connectivity index (χ3n) is 3.83. The normalized spacial score (nSPS) is 25.7. The van der Waals surface area contributed by atoms with Crippen molar-refractivity contribution in [2.45, 2.75) is 12.5 Å². The van der Waals surface area contributed by atoms with Gasteiger partial charge in [-0.2, -0.15) is 0 Å². The minimum atomic E-state index is 0.137. The van der Waals surface area contributed by atoms with Crippen LogP contribution < -0.4 is 0 Å². The van der Waals surface area contributed by atoms with Crippen molar-refractivity contribution < 1.29 is 4.79 Å². The second-order valence-corrected chi connectivity index (χ2v) is 7.15. The van der Waals surface area contributed by atoms with E-state index >= 15 is 0 Å². The molecule has 0 spiro atoms. The van der Waals surface area contributed by atoms with Crippen LogP contribution in [-0.4, -0.2) is 48.8 Å². The van der Waals surface area contributed by atoms with Crippen LogP contribution in [0.4, 0.5) is 0 Å². The van der Waals surface area contributed by atoms with Gasteiger partial charge in [0.15, 0.2) is 5.78 Å². The summed E-state index contributed by atoms with van der Waals surface area (Å²) in [5.74, 6) is 0.141. The van der Waals surface area contributed by atoms with Crippen LogP contribution in [0.2, 0.25) is 8.67 Å². The number of hydrogen-bond acceptors (Lipinski definition) is 4. The number of piperazine rings is 1. The van der Waals surface area contributed by atoms with Crippen LogP contribution in [0.1, 0.15) is 28.4 Å². The monoisotopic (exact) mass is 304 g/mol. The van der Waals surface area contributed by atoms with Crippen LogP contribution in [0.3, 0.4) is 0 Å². The molecular formula is C12H14Cl2N2OS. The molecule has 0 bridgehead atoms. The van der Waals surface area contributed by atoms with E-state index < -0.39 is 0 Å². The first kappa shape index (κ1) is 12.9. The van der Waals surface area contributed by atoms with Gasteiger partial charge in [0.1, 0.15) is 4.34 Å². The van der Waals surface area contributed by atoms with Crippen molar-refractivity contribution in [1.82, 2.24) is 9.80 Å². The van der Waals surface area contributed by atoms with Gasteiger partial charge in [0.2, 0.25) is 0 Å². The Kier molecular flexibility index (Phi) is 3.41. The van der Waals surface area contributed by atoms with Crippen LogP contribution >= 0.6 is 34.5 Å². The molecule has 2 heterocycles. The molecule has 1 aromatic heterocycles. The maximum Gasteiger partial charge on any atom is 0.167 e. The lowest BCUT2D eigenvalue weighted by Gasteiger charge is -2.36. The van der Waals surface area contributed by atoms with E-state index in [4.69, 9.17) is 23.2 Å². The molecule has 0 saturated carbocycles. The zero-order valence-corrected chi connectivity index (χ0v) is 12.4. The Balaban J connectivity index is 1.91. The number of hydrogen-bond donors (Lipinski definition) is 0. The number of ketones is 1. The van der Waals surface area contributed by atoms with Crippen molar-refractivity contribution in [1.29, 1.82) is 0 Å². The van der Waals surface area contributed by atoms with Crippen LogP contribution in [-0.2, 0) is 0 Å². The maximum absolute atomic E-state index is 12.0. The van der Waals surface area contributed by atoms with E-state index in [1.807, 2.05) is 0 Å². The molecule has 0 amide bonds. The zero-order chi connectivity index (χ0) is 12.9. The predicted molar refractivity (Wildman–Crippen MR) is 75.1 cm³/mol. The minimum absolute atomic E-state index is 0.137. The highest BCUT2D eigenvalue weighted by molar-refractivity contribution is 7.20. The first-order valence-corrected chi connectivity index (χ1v) is 7.58. The van der Waals surface area contributed by atoms with Gasteiger partial charge in [-0.1, -0.05) is 23.2 Å². The van der Waals surface area contributed by atoms with Gasteiger partial charge in [0.25, 0.3) is 0 Å². The third-order valence-corrected chi connectivity index (χ3v) is 5.46. The van der Waals surface area contributed by atoms with E-state index in [1.165, 1.54) is 11.3 Å². The first-order chi connectivity index (χ1) is 8.58. The molecule has 1 fully saturated rings. The minimum Gasteiger partial charge on any atom is -0.304 e. The highest BCUT2D eigenvalue weighted by atomic mass is 35.5. The summed E-state index contributed by atoms with van der Waals surface area (Å²) in [5.41, 5.74) is 1.65. The predicted octanol–water partition coefficient (Wildman–Crippen LogP) is 2.93. The van der Waals surface area contributed by atoms with Gasteiger partial charge >= 0.3 is 0 Å². The summed E-state index contributed by atoms with van der Waals surface area (Å²) in [4.78, 5) is 16.7. The lowest BCUT2D eigenvalue weighted by atomic mass is 10.1. The highest BCUT2D eigenvalue weighted by Crippen LogP contribution is 2.48. The van der Waals surface area contributed by atoms with E-state index in [0.29, 0.717) is 20.7 Å². The smallest absolute Gasteiger partial charge is 0.167 e. The molecule has 98 valence electrons. The average Bonchev–Trinajstić information content (AvgIpc) is 2.81. The van der Waals surface area contributed by atoms with E-state index in [-0.39, 0.29) is 11.8 Å². The molecule has 18 heavy (non-hydrogen) atoms. The van der Waals surface area contributed by atoms with E-state index in [2.05, 4.69) is 16.8 Å². The number of nitrogens with zero attached hydrogens (tertiary/aromatic N) is 2. The van der Waals surface area contributed by atoms with E-state index in [1.54, 1.807) is 0 Å². The molecule has 1 atom stereocenters. The van der Waals surface area contributed by atoms with Gasteiger partial charge in [-0.15, -0.1) is 11.3 Å². The van der Waals surface area contributed by atoms with E-state index in [9.17, 15) is 4.79 Å². The molecule has 1 unspecified atom stereocenters. The fourth-order valence-electron chi connectivity index (χ4n) is 2.77. The number of fused-ring (bicyclic) bond motifs is 1. The quantitative estimate of drug-likeness (QED) is 0.797. The van der Waals surface area contributed by atoms with Gasteiger partial charge in [0, 0.05) is 44.2 Å². The molecular weight excluding hydrogens is 291 g/mol. The molecule has 0 radical (unpaired) electrons. The zero-order valence-electron chi connectivity index (χ0n) is 10.1. The number of Topliss-reactive ketones (excluding diaryl/α,β-unsaturated/α-hetero) is 1. The standard InChI is InChI=1S/C12H14Cl2N2OS/c1-15-2-4-16(5-3-15)7-6-8(17)10-9(7)11(13)18-12(10)14/h7H,2-6H2,1H3.